The molecule has 3 aromatic rings. The fourth-order valence-electron chi connectivity index (χ4n) is 3.86. The molecule has 0 unspecified atom stereocenters. The Morgan fingerprint density at radius 3 is 2.97 bits per heavy atom. The number of rotatable bonds is 5. The highest BCUT2D eigenvalue weighted by Crippen LogP contribution is 2.32. The summed E-state index contributed by atoms with van der Waals surface area (Å²) in [5.41, 5.74) is 1.22. The molecular formula is C22H24N4O4. The van der Waals surface area contributed by atoms with E-state index in [1.54, 1.807) is 31.2 Å². The number of piperidine rings is 1. The number of amides is 1. The number of ether oxygens (including phenoxy) is 1. The Morgan fingerprint density at radius 1 is 1.33 bits per heavy atom. The van der Waals surface area contributed by atoms with Gasteiger partial charge in [0.15, 0.2) is 0 Å². The van der Waals surface area contributed by atoms with Crippen molar-refractivity contribution in [3.05, 3.63) is 75.6 Å². The van der Waals surface area contributed by atoms with Gasteiger partial charge in [0.05, 0.1) is 13.3 Å². The van der Waals surface area contributed by atoms with Crippen LogP contribution in [0, 0.1) is 6.92 Å². The second-order valence-electron chi connectivity index (χ2n) is 7.42. The molecule has 0 radical (unpaired) electrons. The summed E-state index contributed by atoms with van der Waals surface area (Å²) in [6, 6.07) is 9.08. The number of likely N-dealkylation sites (tertiary alicyclic amines) is 1. The number of carbonyl (C=O) groups is 1. The van der Waals surface area contributed by atoms with Crippen molar-refractivity contribution in [2.45, 2.75) is 38.6 Å². The number of hydrogen-bond acceptors (Lipinski definition) is 6. The number of carbonyl (C=O) groups excluding carboxylic acids is 1. The van der Waals surface area contributed by atoms with Crippen LogP contribution in [0.3, 0.4) is 0 Å². The predicted octanol–water partition coefficient (Wildman–Crippen LogP) is 3.03. The summed E-state index contributed by atoms with van der Waals surface area (Å²) in [6.07, 6.45) is 4.86. The molecule has 1 aliphatic rings. The van der Waals surface area contributed by atoms with E-state index in [1.807, 2.05) is 24.3 Å². The van der Waals surface area contributed by atoms with E-state index >= 15 is 0 Å². The zero-order valence-corrected chi connectivity index (χ0v) is 17.1. The topological polar surface area (TPSA) is 101 Å². The maximum atomic E-state index is 13.1. The lowest BCUT2D eigenvalue weighted by Gasteiger charge is -2.33. The Labute approximate surface area is 173 Å². The molecule has 0 bridgehead atoms. The number of hydrogen-bond donors (Lipinski definition) is 1. The second kappa shape index (κ2) is 8.52. The number of nitrogens with zero attached hydrogens (tertiary/aromatic N) is 3. The highest BCUT2D eigenvalue weighted by Gasteiger charge is 2.32. The van der Waals surface area contributed by atoms with Crippen molar-refractivity contribution in [1.82, 2.24) is 19.9 Å². The first-order valence-corrected chi connectivity index (χ1v) is 10.0. The van der Waals surface area contributed by atoms with Crippen molar-refractivity contribution in [1.29, 1.82) is 0 Å². The molecule has 1 atom stereocenters. The molecule has 1 N–H and O–H groups in total. The minimum atomic E-state index is -0.526. The van der Waals surface area contributed by atoms with Gasteiger partial charge in [-0.2, -0.15) is 4.98 Å². The van der Waals surface area contributed by atoms with E-state index in [9.17, 15) is 9.59 Å². The molecule has 0 aliphatic carbocycles. The van der Waals surface area contributed by atoms with Gasteiger partial charge in [-0.25, -0.2) is 9.78 Å². The fourth-order valence-corrected chi connectivity index (χ4v) is 3.86. The van der Waals surface area contributed by atoms with Crippen molar-refractivity contribution in [3.8, 4) is 5.75 Å². The average Bonchev–Trinajstić information content (AvgIpc) is 3.21. The third kappa shape index (κ3) is 4.12. The summed E-state index contributed by atoms with van der Waals surface area (Å²) in [5.74, 6) is 1.73. The van der Waals surface area contributed by atoms with Gasteiger partial charge in [-0.1, -0.05) is 18.2 Å². The minimum absolute atomic E-state index is 0.143. The first kappa shape index (κ1) is 19.9. The Balaban J connectivity index is 1.57. The van der Waals surface area contributed by atoms with Gasteiger partial charge in [0.25, 0.3) is 5.91 Å². The summed E-state index contributed by atoms with van der Waals surface area (Å²) in [4.78, 5) is 37.4. The molecule has 3 heterocycles. The van der Waals surface area contributed by atoms with Gasteiger partial charge < -0.3 is 19.0 Å². The summed E-state index contributed by atoms with van der Waals surface area (Å²) in [7, 11) is 1.64. The molecule has 1 aliphatic heterocycles. The summed E-state index contributed by atoms with van der Waals surface area (Å²) in [5, 5.41) is 0. The molecule has 2 aromatic heterocycles. The van der Waals surface area contributed by atoms with Crippen molar-refractivity contribution < 1.29 is 13.9 Å². The van der Waals surface area contributed by atoms with E-state index in [1.165, 1.54) is 0 Å². The maximum Gasteiger partial charge on any atom is 0.345 e. The number of benzene rings is 1. The van der Waals surface area contributed by atoms with Crippen LogP contribution >= 0.6 is 0 Å². The molecule has 0 spiro atoms. The Bertz CT molecular complexity index is 1100. The molecule has 1 aromatic carbocycles. The first-order chi connectivity index (χ1) is 14.5. The number of aryl methyl sites for hydroxylation is 1. The van der Waals surface area contributed by atoms with Crippen LogP contribution < -0.4 is 10.4 Å². The number of methoxy groups -OCH3 is 1. The van der Waals surface area contributed by atoms with Crippen molar-refractivity contribution in [3.63, 3.8) is 0 Å². The summed E-state index contributed by atoms with van der Waals surface area (Å²) < 4.78 is 11.4. The van der Waals surface area contributed by atoms with Crippen molar-refractivity contribution in [2.75, 3.05) is 13.7 Å². The Kier molecular flexibility index (Phi) is 5.65. The highest BCUT2D eigenvalue weighted by molar-refractivity contribution is 5.92. The summed E-state index contributed by atoms with van der Waals surface area (Å²) >= 11 is 0. The largest absolute Gasteiger partial charge is 0.496 e. The van der Waals surface area contributed by atoms with E-state index < -0.39 is 5.69 Å². The quantitative estimate of drug-likeness (QED) is 0.696. The van der Waals surface area contributed by atoms with Crippen LogP contribution in [0.1, 0.15) is 58.7 Å². The van der Waals surface area contributed by atoms with Gasteiger partial charge in [-0.05, 0) is 38.3 Å². The molecule has 1 amide bonds. The molecule has 4 rings (SSSR count). The Hall–Kier alpha value is -3.42. The third-order valence-electron chi connectivity index (χ3n) is 5.28. The number of H-pyrrole nitrogens is 1. The SMILES string of the molecule is COc1ccccc1Cc1cnc([C@H]2CCCCN2C(=O)c2cc(C)[nH]c(=O)n2)o1. The molecular weight excluding hydrogens is 384 g/mol. The molecule has 156 valence electrons. The minimum Gasteiger partial charge on any atom is -0.496 e. The van der Waals surface area contributed by atoms with Crippen LogP contribution in [0.5, 0.6) is 5.75 Å². The lowest BCUT2D eigenvalue weighted by atomic mass is 10.0. The predicted molar refractivity (Wildman–Crippen MR) is 110 cm³/mol. The smallest absolute Gasteiger partial charge is 0.345 e. The maximum absolute atomic E-state index is 13.1. The zero-order chi connectivity index (χ0) is 21.1. The molecule has 8 heteroatoms. The van der Waals surface area contributed by atoms with Gasteiger partial charge in [-0.3, -0.25) is 4.79 Å². The number of nitrogens with one attached hydrogen (secondary N) is 1. The van der Waals surface area contributed by atoms with Gasteiger partial charge in [0.2, 0.25) is 5.89 Å². The van der Waals surface area contributed by atoms with Crippen molar-refractivity contribution >= 4 is 5.91 Å². The average molecular weight is 408 g/mol. The first-order valence-electron chi connectivity index (χ1n) is 10.0. The molecule has 0 saturated carbocycles. The number of aromatic amines is 1. The lowest BCUT2D eigenvalue weighted by molar-refractivity contribution is 0.0563. The van der Waals surface area contributed by atoms with E-state index in [-0.39, 0.29) is 17.6 Å². The van der Waals surface area contributed by atoms with Crippen LogP contribution in [0.2, 0.25) is 0 Å². The molecule has 1 fully saturated rings. The van der Waals surface area contributed by atoms with Crippen LogP contribution in [0.4, 0.5) is 0 Å². The standard InChI is InChI=1S/C22H24N4O4/c1-14-11-17(25-22(28)24-14)21(27)26-10-6-5-8-18(26)20-23-13-16(30-20)12-15-7-3-4-9-19(15)29-2/h3-4,7,9,11,13,18H,5-6,8,10,12H2,1-2H3,(H,24,25,28)/t18-/m1/s1. The molecule has 8 nitrogen and oxygen atoms in total. The third-order valence-corrected chi connectivity index (χ3v) is 5.28. The monoisotopic (exact) mass is 408 g/mol. The van der Waals surface area contributed by atoms with Crippen LogP contribution in [-0.4, -0.2) is 39.4 Å². The summed E-state index contributed by atoms with van der Waals surface area (Å²) in [6.45, 7) is 2.30. The highest BCUT2D eigenvalue weighted by atomic mass is 16.5. The van der Waals surface area contributed by atoms with Gasteiger partial charge in [-0.15, -0.1) is 0 Å². The number of oxazole rings is 1. The zero-order valence-electron chi connectivity index (χ0n) is 17.1. The fraction of sp³-hybridized carbons (Fsp3) is 0.364. The van der Waals surface area contributed by atoms with Gasteiger partial charge >= 0.3 is 5.69 Å². The van der Waals surface area contributed by atoms with Gasteiger partial charge in [0.1, 0.15) is 23.2 Å². The normalized spacial score (nSPS) is 16.5. The van der Waals surface area contributed by atoms with E-state index in [2.05, 4.69) is 15.0 Å². The van der Waals surface area contributed by atoms with E-state index in [4.69, 9.17) is 9.15 Å². The Morgan fingerprint density at radius 2 is 2.17 bits per heavy atom. The van der Waals surface area contributed by atoms with Crippen molar-refractivity contribution in [2.24, 2.45) is 0 Å². The second-order valence-corrected chi connectivity index (χ2v) is 7.42. The number of aromatic nitrogens is 3. The lowest BCUT2D eigenvalue weighted by Crippen LogP contribution is -2.39. The van der Waals surface area contributed by atoms with Crippen LogP contribution in [0.15, 0.2) is 45.7 Å². The van der Waals surface area contributed by atoms with E-state index in [0.29, 0.717) is 30.3 Å². The number of para-hydroxylation sites is 1. The molecule has 1 saturated heterocycles. The van der Waals surface area contributed by atoms with E-state index in [0.717, 1.165) is 30.6 Å². The van der Waals surface area contributed by atoms with Gasteiger partial charge in [0, 0.05) is 24.2 Å². The van der Waals surface area contributed by atoms with Crippen LogP contribution in [0.25, 0.3) is 0 Å². The van der Waals surface area contributed by atoms with Crippen LogP contribution in [-0.2, 0) is 6.42 Å². The molecule has 30 heavy (non-hydrogen) atoms.